The zero-order valence-electron chi connectivity index (χ0n) is 9.19. The van der Waals surface area contributed by atoms with Crippen LogP contribution in [0.2, 0.25) is 0 Å². The first kappa shape index (κ1) is 10.2. The van der Waals surface area contributed by atoms with E-state index in [1.165, 1.54) is 5.56 Å². The van der Waals surface area contributed by atoms with Crippen molar-refractivity contribution >= 4 is 5.97 Å². The SMILES string of the molecule is CC1(C)C[C@H](Cc2ccccc2)C(=O)O1. The topological polar surface area (TPSA) is 26.3 Å². The second-order valence-corrected chi connectivity index (χ2v) is 4.77. The maximum atomic E-state index is 11.6. The summed E-state index contributed by atoms with van der Waals surface area (Å²) in [5, 5.41) is 0. The van der Waals surface area contributed by atoms with Crippen LogP contribution in [0.3, 0.4) is 0 Å². The molecule has 0 saturated carbocycles. The van der Waals surface area contributed by atoms with Crippen molar-refractivity contribution in [1.29, 1.82) is 0 Å². The fraction of sp³-hybridized carbons (Fsp3) is 0.462. The molecule has 0 aliphatic carbocycles. The van der Waals surface area contributed by atoms with E-state index in [1.54, 1.807) is 0 Å². The molecule has 0 bridgehead atoms. The van der Waals surface area contributed by atoms with Crippen molar-refractivity contribution in [2.75, 3.05) is 0 Å². The summed E-state index contributed by atoms with van der Waals surface area (Å²) in [5.41, 5.74) is 0.924. The number of rotatable bonds is 2. The molecule has 0 N–H and O–H groups in total. The Morgan fingerprint density at radius 3 is 2.53 bits per heavy atom. The fourth-order valence-corrected chi connectivity index (χ4v) is 2.13. The van der Waals surface area contributed by atoms with Crippen LogP contribution in [0.25, 0.3) is 0 Å². The summed E-state index contributed by atoms with van der Waals surface area (Å²) in [6.07, 6.45) is 1.61. The van der Waals surface area contributed by atoms with Gasteiger partial charge in [0.25, 0.3) is 0 Å². The van der Waals surface area contributed by atoms with E-state index in [-0.39, 0.29) is 17.5 Å². The molecular formula is C13H16O2. The Bertz CT molecular complexity index is 354. The number of cyclic esters (lactones) is 1. The third-order valence-electron chi connectivity index (χ3n) is 2.77. The second-order valence-electron chi connectivity index (χ2n) is 4.77. The van der Waals surface area contributed by atoms with Crippen LogP contribution in [-0.2, 0) is 16.0 Å². The van der Waals surface area contributed by atoms with Crippen molar-refractivity contribution < 1.29 is 9.53 Å². The summed E-state index contributed by atoms with van der Waals surface area (Å²) >= 11 is 0. The first-order chi connectivity index (χ1) is 7.07. The number of carbonyl (C=O) groups excluding carboxylic acids is 1. The van der Waals surface area contributed by atoms with Crippen LogP contribution in [0.15, 0.2) is 30.3 Å². The molecule has 15 heavy (non-hydrogen) atoms. The molecule has 0 unspecified atom stereocenters. The quantitative estimate of drug-likeness (QED) is 0.692. The van der Waals surface area contributed by atoms with Gasteiger partial charge >= 0.3 is 5.97 Å². The van der Waals surface area contributed by atoms with E-state index in [4.69, 9.17) is 4.74 Å². The van der Waals surface area contributed by atoms with Crippen molar-refractivity contribution in [1.82, 2.24) is 0 Å². The Morgan fingerprint density at radius 1 is 1.33 bits per heavy atom. The van der Waals surface area contributed by atoms with Gasteiger partial charge in [0, 0.05) is 6.42 Å². The van der Waals surface area contributed by atoms with Gasteiger partial charge in [0.2, 0.25) is 0 Å². The third kappa shape index (κ3) is 2.38. The van der Waals surface area contributed by atoms with Crippen LogP contribution < -0.4 is 0 Å². The number of carbonyl (C=O) groups is 1. The Hall–Kier alpha value is -1.31. The van der Waals surface area contributed by atoms with Gasteiger partial charge in [-0.15, -0.1) is 0 Å². The van der Waals surface area contributed by atoms with Gasteiger partial charge < -0.3 is 4.74 Å². The molecule has 2 nitrogen and oxygen atoms in total. The molecule has 0 aromatic heterocycles. The monoisotopic (exact) mass is 204 g/mol. The minimum absolute atomic E-state index is 0.0300. The second kappa shape index (κ2) is 3.69. The van der Waals surface area contributed by atoms with Crippen LogP contribution in [0.5, 0.6) is 0 Å². The summed E-state index contributed by atoms with van der Waals surface area (Å²) in [5.74, 6) is -0.0220. The zero-order chi connectivity index (χ0) is 10.9. The largest absolute Gasteiger partial charge is 0.459 e. The standard InChI is InChI=1S/C13H16O2/c1-13(2)9-11(12(14)15-13)8-10-6-4-3-5-7-10/h3-7,11H,8-9H2,1-2H3/t11-/m0/s1. The van der Waals surface area contributed by atoms with Gasteiger partial charge in [0.1, 0.15) is 5.60 Å². The van der Waals surface area contributed by atoms with Gasteiger partial charge in [-0.3, -0.25) is 4.79 Å². The van der Waals surface area contributed by atoms with Gasteiger partial charge in [-0.1, -0.05) is 30.3 Å². The molecule has 2 rings (SSSR count). The van der Waals surface area contributed by atoms with Crippen molar-refractivity contribution in [2.45, 2.75) is 32.3 Å². The van der Waals surface area contributed by atoms with Crippen molar-refractivity contribution in [2.24, 2.45) is 5.92 Å². The Balaban J connectivity index is 2.05. The molecule has 1 aromatic rings. The summed E-state index contributed by atoms with van der Waals surface area (Å²) in [7, 11) is 0. The highest BCUT2D eigenvalue weighted by atomic mass is 16.6. The van der Waals surface area contributed by atoms with Crippen molar-refractivity contribution in [3.8, 4) is 0 Å². The van der Waals surface area contributed by atoms with E-state index in [2.05, 4.69) is 12.1 Å². The Kier molecular flexibility index (Phi) is 2.51. The van der Waals surface area contributed by atoms with Crippen LogP contribution in [0, 0.1) is 5.92 Å². The Labute approximate surface area is 90.3 Å². The Morgan fingerprint density at radius 2 is 2.00 bits per heavy atom. The van der Waals surface area contributed by atoms with Crippen LogP contribution >= 0.6 is 0 Å². The van der Waals surface area contributed by atoms with Crippen molar-refractivity contribution in [3.63, 3.8) is 0 Å². The highest BCUT2D eigenvalue weighted by Gasteiger charge is 2.39. The summed E-state index contributed by atoms with van der Waals surface area (Å²) in [6, 6.07) is 10.1. The van der Waals surface area contributed by atoms with Crippen LogP contribution in [0.4, 0.5) is 0 Å². The highest BCUT2D eigenvalue weighted by molar-refractivity contribution is 5.75. The maximum Gasteiger partial charge on any atom is 0.309 e. The number of ether oxygens (including phenoxy) is 1. The average Bonchev–Trinajstić information content (AvgIpc) is 2.41. The smallest absolute Gasteiger partial charge is 0.309 e. The molecule has 1 fully saturated rings. The minimum Gasteiger partial charge on any atom is -0.459 e. The number of hydrogen-bond donors (Lipinski definition) is 0. The molecule has 1 aromatic carbocycles. The molecule has 1 saturated heterocycles. The van der Waals surface area contributed by atoms with E-state index in [0.29, 0.717) is 0 Å². The third-order valence-corrected chi connectivity index (χ3v) is 2.77. The van der Waals surface area contributed by atoms with Crippen LogP contribution in [-0.4, -0.2) is 11.6 Å². The van der Waals surface area contributed by atoms with Crippen LogP contribution in [0.1, 0.15) is 25.8 Å². The van der Waals surface area contributed by atoms with E-state index < -0.39 is 0 Å². The van der Waals surface area contributed by atoms with Gasteiger partial charge in [-0.2, -0.15) is 0 Å². The number of benzene rings is 1. The normalized spacial score (nSPS) is 23.9. The average molecular weight is 204 g/mol. The number of hydrogen-bond acceptors (Lipinski definition) is 2. The lowest BCUT2D eigenvalue weighted by Crippen LogP contribution is -2.17. The first-order valence-electron chi connectivity index (χ1n) is 5.34. The van der Waals surface area contributed by atoms with Gasteiger partial charge in [-0.25, -0.2) is 0 Å². The molecule has 80 valence electrons. The van der Waals surface area contributed by atoms with Gasteiger partial charge in [-0.05, 0) is 25.8 Å². The maximum absolute atomic E-state index is 11.6. The molecule has 0 spiro atoms. The lowest BCUT2D eigenvalue weighted by molar-refractivity contribution is -0.148. The molecule has 1 atom stereocenters. The highest BCUT2D eigenvalue weighted by Crippen LogP contribution is 2.32. The lowest BCUT2D eigenvalue weighted by atomic mass is 9.92. The van der Waals surface area contributed by atoms with Gasteiger partial charge in [0.15, 0.2) is 0 Å². The molecule has 2 heteroatoms. The zero-order valence-corrected chi connectivity index (χ0v) is 9.19. The van der Waals surface area contributed by atoms with E-state index >= 15 is 0 Å². The van der Waals surface area contributed by atoms with E-state index in [9.17, 15) is 4.79 Å². The summed E-state index contributed by atoms with van der Waals surface area (Å²) < 4.78 is 5.29. The molecule has 1 aliphatic heterocycles. The summed E-state index contributed by atoms with van der Waals surface area (Å²) in [4.78, 5) is 11.6. The lowest BCUT2D eigenvalue weighted by Gasteiger charge is -2.14. The first-order valence-corrected chi connectivity index (χ1v) is 5.34. The van der Waals surface area contributed by atoms with E-state index in [0.717, 1.165) is 12.8 Å². The summed E-state index contributed by atoms with van der Waals surface area (Å²) in [6.45, 7) is 3.94. The molecule has 1 heterocycles. The molecule has 1 aliphatic rings. The van der Waals surface area contributed by atoms with E-state index in [1.807, 2.05) is 32.0 Å². The minimum atomic E-state index is -0.281. The molecule has 0 amide bonds. The van der Waals surface area contributed by atoms with Gasteiger partial charge in [0.05, 0.1) is 5.92 Å². The van der Waals surface area contributed by atoms with Crippen molar-refractivity contribution in [3.05, 3.63) is 35.9 Å². The number of esters is 1. The predicted octanol–water partition coefficient (Wildman–Crippen LogP) is 2.57. The molecular weight excluding hydrogens is 188 g/mol. The molecule has 0 radical (unpaired) electrons. The predicted molar refractivity (Wildman–Crippen MR) is 58.4 cm³/mol. The fourth-order valence-electron chi connectivity index (χ4n) is 2.13.